The highest BCUT2D eigenvalue weighted by atomic mass is 19.1. The van der Waals surface area contributed by atoms with Gasteiger partial charge in [-0.25, -0.2) is 4.39 Å². The maximum Gasteiger partial charge on any atom is 0.303 e. The van der Waals surface area contributed by atoms with Crippen LogP contribution in [0.2, 0.25) is 0 Å². The van der Waals surface area contributed by atoms with Crippen molar-refractivity contribution in [1.29, 1.82) is 0 Å². The molecule has 1 aliphatic carbocycles. The van der Waals surface area contributed by atoms with E-state index < -0.39 is 11.4 Å². The minimum atomic E-state index is -0.829. The van der Waals surface area contributed by atoms with Gasteiger partial charge in [0.2, 0.25) is 5.91 Å². The molecule has 0 aromatic heterocycles. The molecule has 0 spiro atoms. The lowest BCUT2D eigenvalue weighted by atomic mass is 9.77. The number of benzene rings is 1. The van der Waals surface area contributed by atoms with Crippen molar-refractivity contribution in [3.8, 4) is 0 Å². The van der Waals surface area contributed by atoms with Gasteiger partial charge in [0.25, 0.3) is 0 Å². The van der Waals surface area contributed by atoms with E-state index in [1.165, 1.54) is 6.07 Å². The second-order valence-corrected chi connectivity index (χ2v) is 5.88. The van der Waals surface area contributed by atoms with Gasteiger partial charge in [0.1, 0.15) is 5.82 Å². The van der Waals surface area contributed by atoms with Crippen LogP contribution in [-0.4, -0.2) is 23.5 Å². The van der Waals surface area contributed by atoms with Crippen LogP contribution < -0.4 is 5.32 Å². The molecule has 1 amide bonds. The number of rotatable bonds is 7. The van der Waals surface area contributed by atoms with E-state index in [2.05, 4.69) is 5.32 Å². The van der Waals surface area contributed by atoms with Gasteiger partial charge in [0, 0.05) is 18.5 Å². The number of unbranched alkanes of at least 4 members (excludes halogenated alkanes) is 1. The molecule has 1 aromatic rings. The van der Waals surface area contributed by atoms with Gasteiger partial charge in [-0.15, -0.1) is 0 Å². The lowest BCUT2D eigenvalue weighted by Gasteiger charge is -2.28. The second-order valence-electron chi connectivity index (χ2n) is 5.88. The molecule has 1 saturated carbocycles. The third-order valence-corrected chi connectivity index (χ3v) is 4.38. The van der Waals surface area contributed by atoms with E-state index in [-0.39, 0.29) is 18.1 Å². The fourth-order valence-corrected chi connectivity index (χ4v) is 3.22. The Balaban J connectivity index is 2.00. The Labute approximate surface area is 129 Å². The van der Waals surface area contributed by atoms with Crippen LogP contribution >= 0.6 is 0 Å². The number of carboxylic acid groups (broad SMARTS) is 1. The van der Waals surface area contributed by atoms with E-state index in [1.807, 2.05) is 0 Å². The van der Waals surface area contributed by atoms with Crippen molar-refractivity contribution in [3.05, 3.63) is 35.6 Å². The van der Waals surface area contributed by atoms with Crippen LogP contribution in [0, 0.1) is 5.82 Å². The number of carbonyl (C=O) groups is 2. The predicted molar refractivity (Wildman–Crippen MR) is 81.0 cm³/mol. The summed E-state index contributed by atoms with van der Waals surface area (Å²) in [5.74, 6) is -1.29. The summed E-state index contributed by atoms with van der Waals surface area (Å²) in [5.41, 5.74) is -0.284. The largest absolute Gasteiger partial charge is 0.481 e. The third-order valence-electron chi connectivity index (χ3n) is 4.38. The SMILES string of the molecule is O=C(O)CCCCNC(=O)C1(c2ccccc2F)CCCC1. The molecule has 5 heteroatoms. The van der Waals surface area contributed by atoms with E-state index >= 15 is 0 Å². The average molecular weight is 307 g/mol. The zero-order valence-electron chi connectivity index (χ0n) is 12.6. The van der Waals surface area contributed by atoms with E-state index in [0.717, 1.165) is 12.8 Å². The van der Waals surface area contributed by atoms with Crippen molar-refractivity contribution in [3.63, 3.8) is 0 Å². The Kier molecular flexibility index (Phi) is 5.52. The number of carboxylic acids is 1. The fraction of sp³-hybridized carbons (Fsp3) is 0.529. The van der Waals surface area contributed by atoms with Crippen molar-refractivity contribution >= 4 is 11.9 Å². The van der Waals surface area contributed by atoms with Crippen molar-refractivity contribution < 1.29 is 19.1 Å². The smallest absolute Gasteiger partial charge is 0.303 e. The maximum absolute atomic E-state index is 14.1. The Morgan fingerprint density at radius 1 is 1.18 bits per heavy atom. The number of amides is 1. The molecular weight excluding hydrogens is 285 g/mol. The second kappa shape index (κ2) is 7.38. The van der Waals surface area contributed by atoms with E-state index in [1.54, 1.807) is 18.2 Å². The molecule has 0 unspecified atom stereocenters. The van der Waals surface area contributed by atoms with Crippen LogP contribution in [-0.2, 0) is 15.0 Å². The van der Waals surface area contributed by atoms with Crippen LogP contribution in [0.5, 0.6) is 0 Å². The highest BCUT2D eigenvalue weighted by Gasteiger charge is 2.43. The number of hydrogen-bond donors (Lipinski definition) is 2. The molecule has 1 aromatic carbocycles. The Morgan fingerprint density at radius 2 is 1.86 bits per heavy atom. The molecule has 0 aliphatic heterocycles. The number of carbonyl (C=O) groups excluding carboxylic acids is 1. The molecule has 1 aliphatic rings. The van der Waals surface area contributed by atoms with E-state index in [4.69, 9.17) is 5.11 Å². The number of halogens is 1. The zero-order chi connectivity index (χ0) is 16.0. The third kappa shape index (κ3) is 3.64. The lowest BCUT2D eigenvalue weighted by Crippen LogP contribution is -2.43. The minimum absolute atomic E-state index is 0.105. The molecule has 0 saturated heterocycles. The standard InChI is InChI=1S/C17H22FNO3/c18-14-8-2-1-7-13(14)17(10-4-5-11-17)16(22)19-12-6-3-9-15(20)21/h1-2,7-8H,3-6,9-12H2,(H,19,22)(H,20,21). The monoisotopic (exact) mass is 307 g/mol. The topological polar surface area (TPSA) is 66.4 Å². The summed E-state index contributed by atoms with van der Waals surface area (Å²) >= 11 is 0. The molecule has 2 rings (SSSR count). The van der Waals surface area contributed by atoms with Crippen LogP contribution in [0.1, 0.15) is 50.5 Å². The first kappa shape index (κ1) is 16.5. The molecule has 0 atom stereocenters. The normalized spacial score (nSPS) is 16.4. The van der Waals surface area contributed by atoms with Crippen molar-refractivity contribution in [1.82, 2.24) is 5.32 Å². The van der Waals surface area contributed by atoms with Crippen LogP contribution in [0.25, 0.3) is 0 Å². The summed E-state index contributed by atoms with van der Waals surface area (Å²) < 4.78 is 14.1. The summed E-state index contributed by atoms with van der Waals surface area (Å²) in [6.45, 7) is 0.433. The van der Waals surface area contributed by atoms with Gasteiger partial charge >= 0.3 is 5.97 Å². The van der Waals surface area contributed by atoms with Gasteiger partial charge < -0.3 is 10.4 Å². The van der Waals surface area contributed by atoms with Gasteiger partial charge in [-0.1, -0.05) is 31.0 Å². The average Bonchev–Trinajstić information content (AvgIpc) is 2.97. The first-order valence-electron chi connectivity index (χ1n) is 7.81. The van der Waals surface area contributed by atoms with Gasteiger partial charge in [-0.2, -0.15) is 0 Å². The summed E-state index contributed by atoms with van der Waals surface area (Å²) in [7, 11) is 0. The fourth-order valence-electron chi connectivity index (χ4n) is 3.22. The summed E-state index contributed by atoms with van der Waals surface area (Å²) in [4.78, 5) is 23.1. The quantitative estimate of drug-likeness (QED) is 0.761. The zero-order valence-corrected chi connectivity index (χ0v) is 12.6. The van der Waals surface area contributed by atoms with E-state index in [9.17, 15) is 14.0 Å². The van der Waals surface area contributed by atoms with Gasteiger partial charge in [-0.3, -0.25) is 9.59 Å². The first-order chi connectivity index (χ1) is 10.6. The van der Waals surface area contributed by atoms with Crippen LogP contribution in [0.4, 0.5) is 4.39 Å². The molecule has 22 heavy (non-hydrogen) atoms. The number of aliphatic carboxylic acids is 1. The number of nitrogens with one attached hydrogen (secondary N) is 1. The van der Waals surface area contributed by atoms with Crippen molar-refractivity contribution in [2.24, 2.45) is 0 Å². The molecule has 4 nitrogen and oxygen atoms in total. The first-order valence-corrected chi connectivity index (χ1v) is 7.81. The Bertz CT molecular complexity index is 538. The molecule has 0 radical (unpaired) electrons. The van der Waals surface area contributed by atoms with Crippen LogP contribution in [0.3, 0.4) is 0 Å². The summed E-state index contributed by atoms with van der Waals surface area (Å²) in [5, 5.41) is 11.5. The van der Waals surface area contributed by atoms with Crippen LogP contribution in [0.15, 0.2) is 24.3 Å². The highest BCUT2D eigenvalue weighted by Crippen LogP contribution is 2.42. The maximum atomic E-state index is 14.1. The lowest BCUT2D eigenvalue weighted by molar-refractivity contribution is -0.137. The number of hydrogen-bond acceptors (Lipinski definition) is 2. The minimum Gasteiger partial charge on any atom is -0.481 e. The highest BCUT2D eigenvalue weighted by molar-refractivity contribution is 5.88. The predicted octanol–water partition coefficient (Wildman–Crippen LogP) is 3.01. The summed E-state index contributed by atoms with van der Waals surface area (Å²) in [6, 6.07) is 6.49. The van der Waals surface area contributed by atoms with E-state index in [0.29, 0.717) is 37.8 Å². The van der Waals surface area contributed by atoms with Crippen molar-refractivity contribution in [2.75, 3.05) is 6.54 Å². The molecule has 0 heterocycles. The van der Waals surface area contributed by atoms with Gasteiger partial charge in [0.15, 0.2) is 0 Å². The van der Waals surface area contributed by atoms with Crippen molar-refractivity contribution in [2.45, 2.75) is 50.4 Å². The molecule has 0 bridgehead atoms. The van der Waals surface area contributed by atoms with Gasteiger partial charge in [0.05, 0.1) is 5.41 Å². The summed E-state index contributed by atoms with van der Waals surface area (Å²) in [6.07, 6.45) is 4.41. The van der Waals surface area contributed by atoms with Gasteiger partial charge in [-0.05, 0) is 31.7 Å². The Morgan fingerprint density at radius 3 is 2.50 bits per heavy atom. The molecule has 120 valence electrons. The molecular formula is C17H22FNO3. The Hall–Kier alpha value is -1.91. The molecule has 2 N–H and O–H groups in total. The molecule has 1 fully saturated rings.